The fourth-order valence-corrected chi connectivity index (χ4v) is 2.32. The number of pyridine rings is 1. The first-order valence-electron chi connectivity index (χ1n) is 6.62. The minimum absolute atomic E-state index is 0.319. The molecule has 2 rings (SSSR count). The molecule has 3 N–H and O–H groups in total. The molecule has 20 heavy (non-hydrogen) atoms. The minimum Gasteiger partial charge on any atom is -0.378 e. The van der Waals surface area contributed by atoms with Gasteiger partial charge in [0.15, 0.2) is 0 Å². The van der Waals surface area contributed by atoms with Crippen molar-refractivity contribution >= 4 is 23.3 Å². The van der Waals surface area contributed by atoms with Crippen LogP contribution in [-0.4, -0.2) is 48.1 Å². The van der Waals surface area contributed by atoms with Gasteiger partial charge in [-0.25, -0.2) is 4.98 Å². The monoisotopic (exact) mass is 298 g/mol. The van der Waals surface area contributed by atoms with Crippen LogP contribution in [0.3, 0.4) is 0 Å². The fourth-order valence-electron chi connectivity index (χ4n) is 2.16. The highest BCUT2D eigenvalue weighted by molar-refractivity contribution is 6.31. The van der Waals surface area contributed by atoms with Crippen molar-refractivity contribution in [2.24, 2.45) is 5.73 Å². The van der Waals surface area contributed by atoms with Crippen LogP contribution >= 0.6 is 11.6 Å². The van der Waals surface area contributed by atoms with Crippen LogP contribution in [0.5, 0.6) is 0 Å². The van der Waals surface area contributed by atoms with Gasteiger partial charge in [0.25, 0.3) is 0 Å². The number of nitrogens with zero attached hydrogens (tertiary/aromatic N) is 2. The average Bonchev–Trinajstić information content (AvgIpc) is 2.43. The summed E-state index contributed by atoms with van der Waals surface area (Å²) in [5.41, 5.74) is 6.14. The highest BCUT2D eigenvalue weighted by Gasteiger charge is 2.28. The maximum atomic E-state index is 11.4. The van der Waals surface area contributed by atoms with Crippen molar-refractivity contribution in [1.82, 2.24) is 9.88 Å². The number of rotatable bonds is 5. The number of carbonyl (C=O) groups excluding carboxylic acids is 1. The Hall–Kier alpha value is -1.37. The molecule has 0 aliphatic carbocycles. The van der Waals surface area contributed by atoms with E-state index in [-0.39, 0.29) is 5.91 Å². The molecule has 1 atom stereocenters. The number of carbonyl (C=O) groups is 1. The molecule has 6 nitrogen and oxygen atoms in total. The number of primary amides is 1. The van der Waals surface area contributed by atoms with Gasteiger partial charge in [-0.05, 0) is 19.1 Å². The first kappa shape index (κ1) is 15.0. The first-order valence-corrected chi connectivity index (χ1v) is 7.00. The lowest BCUT2D eigenvalue weighted by molar-refractivity contribution is -0.129. The molecule has 0 saturated carbocycles. The van der Waals surface area contributed by atoms with E-state index in [9.17, 15) is 4.79 Å². The lowest BCUT2D eigenvalue weighted by atomic mass is 10.2. The van der Waals surface area contributed by atoms with Crippen LogP contribution < -0.4 is 11.1 Å². The predicted molar refractivity (Wildman–Crippen MR) is 77.6 cm³/mol. The normalized spacial score (nSPS) is 19.8. The Morgan fingerprint density at radius 1 is 1.65 bits per heavy atom. The van der Waals surface area contributed by atoms with Crippen LogP contribution in [-0.2, 0) is 16.1 Å². The van der Waals surface area contributed by atoms with Gasteiger partial charge in [0.2, 0.25) is 5.91 Å². The van der Waals surface area contributed by atoms with E-state index >= 15 is 0 Å². The number of amides is 1. The van der Waals surface area contributed by atoms with Crippen LogP contribution in [0, 0.1) is 0 Å². The lowest BCUT2D eigenvalue weighted by Crippen LogP contribution is -2.52. The van der Waals surface area contributed by atoms with Crippen molar-refractivity contribution < 1.29 is 9.53 Å². The molecule has 7 heteroatoms. The van der Waals surface area contributed by atoms with Crippen molar-refractivity contribution in [3.05, 3.63) is 22.8 Å². The number of nitrogens with one attached hydrogen (secondary N) is 1. The Kier molecular flexibility index (Phi) is 5.17. The molecule has 1 aromatic heterocycles. The number of aromatic nitrogens is 1. The van der Waals surface area contributed by atoms with Gasteiger partial charge in [-0.3, -0.25) is 9.69 Å². The van der Waals surface area contributed by atoms with Crippen LogP contribution in [0.2, 0.25) is 5.02 Å². The lowest BCUT2D eigenvalue weighted by Gasteiger charge is -2.33. The Labute approximate surface area is 123 Å². The molecule has 1 aliphatic heterocycles. The topological polar surface area (TPSA) is 80.5 Å². The number of halogens is 1. The molecular formula is C13H19ClN4O2. The Balaban J connectivity index is 2.14. The second kappa shape index (κ2) is 6.88. The third-order valence-corrected chi connectivity index (χ3v) is 3.54. The standard InChI is InChI=1S/C13H19ClN4O2/c1-2-16-12-4-3-9(14)10(17-12)7-18-5-6-20-8-11(18)13(15)19/h3-4,11H,2,5-8H2,1H3,(H2,15,19)(H,16,17). The van der Waals surface area contributed by atoms with Gasteiger partial charge in [0.05, 0.1) is 23.9 Å². The van der Waals surface area contributed by atoms with Crippen molar-refractivity contribution in [3.63, 3.8) is 0 Å². The molecule has 0 spiro atoms. The van der Waals surface area contributed by atoms with E-state index in [4.69, 9.17) is 22.1 Å². The molecule has 1 aliphatic rings. The molecule has 1 amide bonds. The largest absolute Gasteiger partial charge is 0.378 e. The first-order chi connectivity index (χ1) is 9.61. The maximum Gasteiger partial charge on any atom is 0.237 e. The van der Waals surface area contributed by atoms with E-state index in [2.05, 4.69) is 10.3 Å². The summed E-state index contributed by atoms with van der Waals surface area (Å²) in [6, 6.07) is 3.21. The number of ether oxygens (including phenoxy) is 1. The van der Waals surface area contributed by atoms with E-state index in [1.54, 1.807) is 0 Å². The minimum atomic E-state index is -0.426. The van der Waals surface area contributed by atoms with Crippen LogP contribution in [0.25, 0.3) is 0 Å². The van der Waals surface area contributed by atoms with Gasteiger partial charge >= 0.3 is 0 Å². The zero-order chi connectivity index (χ0) is 14.5. The van der Waals surface area contributed by atoms with Crippen molar-refractivity contribution in [3.8, 4) is 0 Å². The summed E-state index contributed by atoms with van der Waals surface area (Å²) < 4.78 is 5.30. The molecule has 1 fully saturated rings. The fraction of sp³-hybridized carbons (Fsp3) is 0.538. The summed E-state index contributed by atoms with van der Waals surface area (Å²) in [5.74, 6) is 0.388. The van der Waals surface area contributed by atoms with Crippen LogP contribution in [0.1, 0.15) is 12.6 Å². The highest BCUT2D eigenvalue weighted by atomic mass is 35.5. The zero-order valence-electron chi connectivity index (χ0n) is 11.4. The van der Waals surface area contributed by atoms with E-state index in [1.165, 1.54) is 0 Å². The molecule has 1 unspecified atom stereocenters. The second-order valence-corrected chi connectivity index (χ2v) is 5.03. The van der Waals surface area contributed by atoms with Crippen LogP contribution in [0.4, 0.5) is 5.82 Å². The number of nitrogens with two attached hydrogens (primary N) is 1. The van der Waals surface area contributed by atoms with Gasteiger partial charge in [0.1, 0.15) is 11.9 Å². The van der Waals surface area contributed by atoms with Crippen molar-refractivity contribution in [2.45, 2.75) is 19.5 Å². The van der Waals surface area contributed by atoms with Gasteiger partial charge in [-0.15, -0.1) is 0 Å². The average molecular weight is 299 g/mol. The number of morpholine rings is 1. The summed E-state index contributed by atoms with van der Waals surface area (Å²) in [7, 11) is 0. The van der Waals surface area contributed by atoms with E-state index in [0.29, 0.717) is 31.3 Å². The Bertz CT molecular complexity index is 483. The quantitative estimate of drug-likeness (QED) is 0.842. The van der Waals surface area contributed by atoms with E-state index < -0.39 is 6.04 Å². The van der Waals surface area contributed by atoms with E-state index in [0.717, 1.165) is 18.1 Å². The third-order valence-electron chi connectivity index (χ3n) is 3.20. The molecule has 1 aromatic rings. The van der Waals surface area contributed by atoms with Crippen LogP contribution in [0.15, 0.2) is 12.1 Å². The zero-order valence-corrected chi connectivity index (χ0v) is 12.2. The molecule has 0 aromatic carbocycles. The van der Waals surface area contributed by atoms with Crippen molar-refractivity contribution in [2.75, 3.05) is 31.6 Å². The molecular weight excluding hydrogens is 280 g/mol. The SMILES string of the molecule is CCNc1ccc(Cl)c(CN2CCOCC2C(N)=O)n1. The van der Waals surface area contributed by atoms with Gasteiger partial charge < -0.3 is 15.8 Å². The Morgan fingerprint density at radius 2 is 2.45 bits per heavy atom. The van der Waals surface area contributed by atoms with Gasteiger partial charge in [-0.2, -0.15) is 0 Å². The summed E-state index contributed by atoms with van der Waals surface area (Å²) in [5, 5.41) is 3.73. The summed E-state index contributed by atoms with van der Waals surface area (Å²) in [6.07, 6.45) is 0. The highest BCUT2D eigenvalue weighted by Crippen LogP contribution is 2.20. The third kappa shape index (κ3) is 3.59. The summed E-state index contributed by atoms with van der Waals surface area (Å²) in [4.78, 5) is 17.9. The van der Waals surface area contributed by atoms with Gasteiger partial charge in [0, 0.05) is 19.6 Å². The second-order valence-electron chi connectivity index (χ2n) is 4.62. The molecule has 2 heterocycles. The molecule has 0 bridgehead atoms. The molecule has 110 valence electrons. The Morgan fingerprint density at radius 3 is 3.15 bits per heavy atom. The summed E-state index contributed by atoms with van der Waals surface area (Å²) in [6.45, 7) is 4.80. The van der Waals surface area contributed by atoms with Gasteiger partial charge in [-0.1, -0.05) is 11.6 Å². The number of anilines is 1. The predicted octanol–water partition coefficient (Wildman–Crippen LogP) is 0.853. The van der Waals surface area contributed by atoms with Crippen molar-refractivity contribution in [1.29, 1.82) is 0 Å². The summed E-state index contributed by atoms with van der Waals surface area (Å²) >= 11 is 6.18. The molecule has 1 saturated heterocycles. The van der Waals surface area contributed by atoms with E-state index in [1.807, 2.05) is 24.0 Å². The maximum absolute atomic E-state index is 11.4. The smallest absolute Gasteiger partial charge is 0.237 e. The molecule has 0 radical (unpaired) electrons. The number of hydrogen-bond acceptors (Lipinski definition) is 5. The number of hydrogen-bond donors (Lipinski definition) is 2.